The van der Waals surface area contributed by atoms with Crippen LogP contribution in [0.4, 0.5) is 4.39 Å². The maximum atomic E-state index is 13.2. The first-order valence-corrected chi connectivity index (χ1v) is 42.8. The van der Waals surface area contributed by atoms with Gasteiger partial charge in [0.15, 0.2) is 73.4 Å². The van der Waals surface area contributed by atoms with Crippen molar-refractivity contribution in [1.82, 2.24) is 0 Å². The summed E-state index contributed by atoms with van der Waals surface area (Å²) in [5, 5.41) is 9.48. The highest BCUT2D eigenvalue weighted by molar-refractivity contribution is 7.98. The Labute approximate surface area is 649 Å². The lowest BCUT2D eigenvalue weighted by Gasteiger charge is -2.22. The number of rotatable bonds is 16. The summed E-state index contributed by atoms with van der Waals surface area (Å²) in [4.78, 5) is 19.8. The normalized spacial score (nSPS) is 12.0. The first-order chi connectivity index (χ1) is 52.6. The third-order valence-electron chi connectivity index (χ3n) is 18.0. The number of phenolic OH excluding ortho intramolecular Hbond substituents is 1. The van der Waals surface area contributed by atoms with Gasteiger partial charge in [0.2, 0.25) is 0 Å². The van der Waals surface area contributed by atoms with Crippen molar-refractivity contribution in [3.63, 3.8) is 0 Å². The standard InChI is InChI=1S/C24H25S.C22H23S.C18H14FS.C18H14OS.C18H15S/c1-4-10-20(11-5-1)21-16-18-24(19-17-21)25(22-12-6-2-7-13-22)23-14-8-3-9-15-23;1-22(2,3)18-14-16-21(17-15-18)23(19-10-6-4-7-11-19)20-12-8-5-9-13-20;2*19-15-11-13-18(14-12-15)20(16-7-3-1-4-8-16)17-9-5-2-6-10-17;1-4-10-16(11-5-1)19(17-12-6-2-7-13-17)18-14-8-3-9-15-18/h2-3,6-9,12-20H,1,4-5,10-11H2;4-17H,1-3H3;2*1-14H;1-15H/q3*+1;;+1/p+1. The third-order valence-corrected chi connectivity index (χ3v) is 29.2. The van der Waals surface area contributed by atoms with Crippen LogP contribution in [-0.2, 0) is 59.9 Å². The highest BCUT2D eigenvalue weighted by Crippen LogP contribution is 2.39. The molecule has 0 spiro atoms. The summed E-state index contributed by atoms with van der Waals surface area (Å²) in [7, 11) is -0.416. The fraction of sp³-hybridized carbons (Fsp3) is 0.100. The van der Waals surface area contributed by atoms with Crippen LogP contribution in [0.25, 0.3) is 0 Å². The Kier molecular flexibility index (Phi) is 28.5. The van der Waals surface area contributed by atoms with Gasteiger partial charge in [0.05, 0.1) is 54.5 Å². The van der Waals surface area contributed by atoms with Crippen LogP contribution in [0.2, 0.25) is 0 Å². The van der Waals surface area contributed by atoms with Crippen molar-refractivity contribution < 1.29 is 9.50 Å². The minimum Gasteiger partial charge on any atom is -0.508 e. The monoisotopic (exact) mass is 1490 g/mol. The van der Waals surface area contributed by atoms with E-state index in [0.717, 1.165) is 10.8 Å². The molecule has 0 bridgehead atoms. The topological polar surface area (TPSA) is 20.2 Å². The van der Waals surface area contributed by atoms with Gasteiger partial charge >= 0.3 is 0 Å². The van der Waals surface area contributed by atoms with E-state index in [4.69, 9.17) is 0 Å². The van der Waals surface area contributed by atoms with Crippen LogP contribution in [0.3, 0.4) is 0 Å². The summed E-state index contributed by atoms with van der Waals surface area (Å²) in [6.07, 6.45) is 6.93. The number of aromatic hydroxyl groups is 1. The van der Waals surface area contributed by atoms with Crippen molar-refractivity contribution in [2.24, 2.45) is 0 Å². The van der Waals surface area contributed by atoms with Gasteiger partial charge in [-0.2, -0.15) is 0 Å². The van der Waals surface area contributed by atoms with Crippen molar-refractivity contribution >= 4 is 54.5 Å². The third kappa shape index (κ3) is 22.0. The Balaban J connectivity index is 0.000000126. The zero-order chi connectivity index (χ0) is 73.7. The molecule has 0 heterocycles. The summed E-state index contributed by atoms with van der Waals surface area (Å²) in [5.74, 6) is 0.884. The summed E-state index contributed by atoms with van der Waals surface area (Å²) in [5.41, 5.74) is 3.11. The second-order valence-corrected chi connectivity index (χ2v) is 36.7. The fourth-order valence-electron chi connectivity index (χ4n) is 12.7. The molecule has 16 rings (SSSR count). The van der Waals surface area contributed by atoms with Crippen LogP contribution in [0.15, 0.2) is 504 Å². The van der Waals surface area contributed by atoms with E-state index >= 15 is 0 Å². The summed E-state index contributed by atoms with van der Waals surface area (Å²) in [6.45, 7) is 6.78. The van der Waals surface area contributed by atoms with Crippen molar-refractivity contribution in [2.45, 2.75) is 138 Å². The number of halogens is 1. The molecule has 1 saturated carbocycles. The van der Waals surface area contributed by atoms with E-state index in [2.05, 4.69) is 354 Å². The first kappa shape index (κ1) is 76.4. The van der Waals surface area contributed by atoms with Crippen molar-refractivity contribution in [2.75, 3.05) is 0 Å². The fourth-order valence-corrected chi connectivity index (χ4v) is 23.2. The molecule has 0 aromatic heterocycles. The SMILES string of the molecule is CC(C)(C)c1ccc([S+](c2ccccc2)c2ccccc2)cc1.Fc1ccc([S+](c2ccccc2)c2ccccc2)cc1.Oc1ccc([S+](c2ccccc2)c2ccccc2)cc1.c1ccc([S+](c2ccccc2)c2ccc(C3CCCCC3)cc2)cc1.c1ccc([S+](c2ccccc2)c2ccccc2)cc1. The van der Waals surface area contributed by atoms with Gasteiger partial charge in [-0.05, 0) is 242 Å². The van der Waals surface area contributed by atoms with Gasteiger partial charge in [0, 0.05) is 0 Å². The number of hydrogen-bond donors (Lipinski definition) is 1. The Hall–Kier alpha value is -10.2. The average molecular weight is 1490 g/mol. The maximum Gasteiger partial charge on any atom is 0.166 e. The van der Waals surface area contributed by atoms with Crippen LogP contribution in [0, 0.1) is 5.82 Å². The molecule has 1 aliphatic carbocycles. The van der Waals surface area contributed by atoms with Crippen LogP contribution < -0.4 is 0 Å². The molecule has 7 heteroatoms. The molecule has 530 valence electrons. The highest BCUT2D eigenvalue weighted by atomic mass is 32.2. The van der Waals surface area contributed by atoms with E-state index in [1.54, 1.807) is 12.1 Å². The van der Waals surface area contributed by atoms with E-state index in [1.165, 1.54) is 124 Å². The second-order valence-electron chi connectivity index (χ2n) is 26.6. The van der Waals surface area contributed by atoms with Crippen LogP contribution in [0.1, 0.15) is 69.9 Å². The summed E-state index contributed by atoms with van der Waals surface area (Å²) >= 11 is 0. The minimum absolute atomic E-state index is 0.0146. The predicted molar refractivity (Wildman–Crippen MR) is 454 cm³/mol. The average Bonchev–Trinajstić information content (AvgIpc) is 0.841. The van der Waals surface area contributed by atoms with Gasteiger partial charge in [-0.1, -0.05) is 264 Å². The molecule has 15 aromatic rings. The number of hydrogen-bond acceptors (Lipinski definition) is 1. The van der Waals surface area contributed by atoms with E-state index in [9.17, 15) is 9.50 Å². The molecule has 1 N–H and O–H groups in total. The molecular weight excluding hydrogens is 1400 g/mol. The van der Waals surface area contributed by atoms with Crippen LogP contribution in [-0.4, -0.2) is 5.11 Å². The van der Waals surface area contributed by atoms with E-state index in [-0.39, 0.29) is 65.7 Å². The van der Waals surface area contributed by atoms with Crippen molar-refractivity contribution in [3.8, 4) is 5.75 Å². The molecular formula is C100H92FOS5+5. The maximum absolute atomic E-state index is 13.2. The Bertz CT molecular complexity index is 4580. The molecule has 107 heavy (non-hydrogen) atoms. The number of benzene rings is 15. The van der Waals surface area contributed by atoms with Crippen molar-refractivity contribution in [3.05, 3.63) is 448 Å². The summed E-state index contributed by atoms with van der Waals surface area (Å²) < 4.78 is 13.2. The lowest BCUT2D eigenvalue weighted by Crippen LogP contribution is -2.11. The van der Waals surface area contributed by atoms with E-state index < -0.39 is 0 Å². The lowest BCUT2D eigenvalue weighted by atomic mass is 9.84. The highest BCUT2D eigenvalue weighted by Gasteiger charge is 2.33. The zero-order valence-electron chi connectivity index (χ0n) is 61.0. The molecule has 0 aliphatic heterocycles. The van der Waals surface area contributed by atoms with Gasteiger partial charge < -0.3 is 5.11 Å². The predicted octanol–water partition coefficient (Wildman–Crippen LogP) is 27.1. The molecule has 0 saturated heterocycles. The van der Waals surface area contributed by atoms with Gasteiger partial charge in [-0.15, -0.1) is 0 Å². The molecule has 15 aromatic carbocycles. The van der Waals surface area contributed by atoms with Gasteiger partial charge in [-0.3, -0.25) is 0 Å². The largest absolute Gasteiger partial charge is 0.508 e. The molecule has 1 nitrogen and oxygen atoms in total. The van der Waals surface area contributed by atoms with E-state index in [1.807, 2.05) is 72.8 Å². The molecule has 1 fully saturated rings. The van der Waals surface area contributed by atoms with Gasteiger partial charge in [-0.25, -0.2) is 4.39 Å². The Morgan fingerprint density at radius 3 is 0.607 bits per heavy atom. The Morgan fingerprint density at radius 2 is 0.402 bits per heavy atom. The van der Waals surface area contributed by atoms with Gasteiger partial charge in [0.1, 0.15) is 11.6 Å². The molecule has 0 radical (unpaired) electrons. The molecule has 0 amide bonds. The van der Waals surface area contributed by atoms with Gasteiger partial charge in [0.25, 0.3) is 0 Å². The minimum atomic E-state index is -0.196. The van der Waals surface area contributed by atoms with Crippen LogP contribution >= 0.6 is 0 Å². The van der Waals surface area contributed by atoms with Crippen molar-refractivity contribution in [1.29, 1.82) is 0 Å². The summed E-state index contributed by atoms with van der Waals surface area (Å²) in [6, 6.07) is 150. The smallest absolute Gasteiger partial charge is 0.166 e. The van der Waals surface area contributed by atoms with E-state index in [0.29, 0.717) is 5.75 Å². The lowest BCUT2D eigenvalue weighted by molar-refractivity contribution is 0.443. The van der Waals surface area contributed by atoms with Crippen LogP contribution in [0.5, 0.6) is 5.75 Å². The molecule has 0 atom stereocenters. The second kappa shape index (κ2) is 39.9. The zero-order valence-corrected chi connectivity index (χ0v) is 65.1. The molecule has 0 unspecified atom stereocenters. The number of phenols is 1. The first-order valence-electron chi connectivity index (χ1n) is 36.6. The quantitative estimate of drug-likeness (QED) is 0.0956. The molecule has 1 aliphatic rings. The Morgan fingerprint density at radius 1 is 0.224 bits per heavy atom.